The lowest BCUT2D eigenvalue weighted by molar-refractivity contribution is 0.286. The molecule has 0 amide bonds. The predicted molar refractivity (Wildman–Crippen MR) is 83.8 cm³/mol. The SMILES string of the molecule is C=C1C(C)=C(/N=C\C)N(CCCCCC)C(=C)N1C. The highest BCUT2D eigenvalue weighted by molar-refractivity contribution is 5.56. The van der Waals surface area contributed by atoms with Crippen molar-refractivity contribution >= 4 is 6.21 Å². The van der Waals surface area contributed by atoms with E-state index in [1.54, 1.807) is 0 Å². The maximum absolute atomic E-state index is 4.51. The topological polar surface area (TPSA) is 18.8 Å². The number of aliphatic imine (C=N–C) groups is 1. The minimum absolute atomic E-state index is 0.965. The van der Waals surface area contributed by atoms with Crippen molar-refractivity contribution in [2.24, 2.45) is 4.99 Å². The zero-order valence-corrected chi connectivity index (χ0v) is 12.9. The number of hydrogen-bond donors (Lipinski definition) is 0. The highest BCUT2D eigenvalue weighted by Crippen LogP contribution is 2.31. The van der Waals surface area contributed by atoms with E-state index in [0.29, 0.717) is 0 Å². The molecule has 0 radical (unpaired) electrons. The van der Waals surface area contributed by atoms with Crippen LogP contribution < -0.4 is 0 Å². The van der Waals surface area contributed by atoms with Crippen LogP contribution in [0.5, 0.6) is 0 Å². The van der Waals surface area contributed by atoms with E-state index in [4.69, 9.17) is 0 Å². The van der Waals surface area contributed by atoms with Gasteiger partial charge in [-0.15, -0.1) is 0 Å². The quantitative estimate of drug-likeness (QED) is 0.529. The van der Waals surface area contributed by atoms with Gasteiger partial charge in [0.2, 0.25) is 0 Å². The molecule has 0 unspecified atom stereocenters. The molecule has 0 aliphatic carbocycles. The monoisotopic (exact) mass is 261 g/mol. The van der Waals surface area contributed by atoms with Gasteiger partial charge in [0.1, 0.15) is 11.6 Å². The van der Waals surface area contributed by atoms with Crippen molar-refractivity contribution < 1.29 is 0 Å². The first-order valence-electron chi connectivity index (χ1n) is 7.13. The van der Waals surface area contributed by atoms with Gasteiger partial charge in [-0.25, -0.2) is 4.99 Å². The summed E-state index contributed by atoms with van der Waals surface area (Å²) in [5.41, 5.74) is 2.11. The molecular weight excluding hydrogens is 234 g/mol. The van der Waals surface area contributed by atoms with E-state index in [1.807, 2.05) is 25.1 Å². The molecule has 106 valence electrons. The lowest BCUT2D eigenvalue weighted by Crippen LogP contribution is -2.37. The van der Waals surface area contributed by atoms with Gasteiger partial charge in [0, 0.05) is 31.1 Å². The van der Waals surface area contributed by atoms with Gasteiger partial charge in [-0.05, 0) is 20.3 Å². The zero-order valence-electron chi connectivity index (χ0n) is 12.9. The van der Waals surface area contributed by atoms with Crippen LogP contribution in [0.1, 0.15) is 46.5 Å². The molecule has 1 rings (SSSR count). The van der Waals surface area contributed by atoms with E-state index < -0.39 is 0 Å². The fraction of sp³-hybridized carbons (Fsp3) is 0.562. The third-order valence-corrected chi connectivity index (χ3v) is 3.61. The van der Waals surface area contributed by atoms with Crippen molar-refractivity contribution in [1.82, 2.24) is 9.80 Å². The van der Waals surface area contributed by atoms with Crippen LogP contribution in [0.25, 0.3) is 0 Å². The third kappa shape index (κ3) is 3.49. The van der Waals surface area contributed by atoms with Crippen molar-refractivity contribution in [3.05, 3.63) is 36.1 Å². The van der Waals surface area contributed by atoms with Gasteiger partial charge in [-0.2, -0.15) is 0 Å². The maximum Gasteiger partial charge on any atom is 0.138 e. The Balaban J connectivity index is 2.90. The summed E-state index contributed by atoms with van der Waals surface area (Å²) in [4.78, 5) is 8.77. The van der Waals surface area contributed by atoms with Crippen molar-refractivity contribution in [3.63, 3.8) is 0 Å². The number of allylic oxidation sites excluding steroid dienone is 1. The lowest BCUT2D eigenvalue weighted by atomic mass is 10.1. The molecule has 0 atom stereocenters. The summed E-state index contributed by atoms with van der Waals surface area (Å²) in [7, 11) is 2.01. The average molecular weight is 261 g/mol. The van der Waals surface area contributed by atoms with Crippen molar-refractivity contribution in [2.75, 3.05) is 13.6 Å². The second-order valence-corrected chi connectivity index (χ2v) is 4.97. The summed E-state index contributed by atoms with van der Waals surface area (Å²) >= 11 is 0. The Morgan fingerprint density at radius 2 is 1.89 bits per heavy atom. The molecule has 3 heteroatoms. The van der Waals surface area contributed by atoms with E-state index in [9.17, 15) is 0 Å². The first-order chi connectivity index (χ1) is 9.04. The van der Waals surface area contributed by atoms with E-state index >= 15 is 0 Å². The van der Waals surface area contributed by atoms with Gasteiger partial charge in [-0.1, -0.05) is 39.3 Å². The molecule has 0 bridgehead atoms. The molecule has 1 heterocycles. The highest BCUT2D eigenvalue weighted by Gasteiger charge is 2.26. The molecule has 0 saturated carbocycles. The van der Waals surface area contributed by atoms with Crippen LogP contribution in [0.4, 0.5) is 0 Å². The van der Waals surface area contributed by atoms with E-state index in [0.717, 1.165) is 29.5 Å². The Morgan fingerprint density at radius 1 is 1.21 bits per heavy atom. The Bertz CT molecular complexity index is 404. The van der Waals surface area contributed by atoms with Gasteiger partial charge in [0.25, 0.3) is 0 Å². The summed E-state index contributed by atoms with van der Waals surface area (Å²) in [6, 6.07) is 0. The first kappa shape index (κ1) is 15.5. The molecule has 19 heavy (non-hydrogen) atoms. The molecule has 3 nitrogen and oxygen atoms in total. The number of hydrogen-bond acceptors (Lipinski definition) is 3. The first-order valence-corrected chi connectivity index (χ1v) is 7.13. The summed E-state index contributed by atoms with van der Waals surface area (Å²) in [5.74, 6) is 1.96. The Morgan fingerprint density at radius 3 is 2.47 bits per heavy atom. The number of unbranched alkanes of at least 4 members (excludes halogenated alkanes) is 3. The third-order valence-electron chi connectivity index (χ3n) is 3.61. The van der Waals surface area contributed by atoms with Gasteiger partial charge in [0.05, 0.1) is 0 Å². The van der Waals surface area contributed by atoms with Crippen LogP contribution in [0.2, 0.25) is 0 Å². The van der Waals surface area contributed by atoms with Gasteiger partial charge < -0.3 is 9.80 Å². The number of rotatable bonds is 6. The van der Waals surface area contributed by atoms with Crippen molar-refractivity contribution in [2.45, 2.75) is 46.5 Å². The van der Waals surface area contributed by atoms with Crippen LogP contribution in [-0.4, -0.2) is 29.6 Å². The number of nitrogens with zero attached hydrogens (tertiary/aromatic N) is 3. The summed E-state index contributed by atoms with van der Waals surface area (Å²) in [6.45, 7) is 15.5. The van der Waals surface area contributed by atoms with Gasteiger partial charge in [-0.3, -0.25) is 0 Å². The average Bonchev–Trinajstić information content (AvgIpc) is 2.41. The second kappa shape index (κ2) is 7.17. The fourth-order valence-corrected chi connectivity index (χ4v) is 2.26. The highest BCUT2D eigenvalue weighted by atomic mass is 15.4. The van der Waals surface area contributed by atoms with Crippen LogP contribution in [-0.2, 0) is 0 Å². The van der Waals surface area contributed by atoms with E-state index in [2.05, 4.69) is 36.9 Å². The largest absolute Gasteiger partial charge is 0.331 e. The molecule has 0 aromatic heterocycles. The molecule has 0 spiro atoms. The second-order valence-electron chi connectivity index (χ2n) is 4.97. The predicted octanol–water partition coefficient (Wildman–Crippen LogP) is 4.12. The van der Waals surface area contributed by atoms with Crippen molar-refractivity contribution in [1.29, 1.82) is 0 Å². The lowest BCUT2D eigenvalue weighted by Gasteiger charge is -2.39. The molecule has 0 N–H and O–H groups in total. The Kier molecular flexibility index (Phi) is 5.87. The molecule has 0 aromatic rings. The summed E-state index contributed by atoms with van der Waals surface area (Å²) in [6.07, 6.45) is 6.81. The maximum atomic E-state index is 4.51. The van der Waals surface area contributed by atoms with Gasteiger partial charge >= 0.3 is 0 Å². The Labute approximate surface area is 118 Å². The van der Waals surface area contributed by atoms with Crippen LogP contribution in [0.3, 0.4) is 0 Å². The van der Waals surface area contributed by atoms with E-state index in [1.165, 1.54) is 25.7 Å². The van der Waals surface area contributed by atoms with E-state index in [-0.39, 0.29) is 0 Å². The van der Waals surface area contributed by atoms with Crippen molar-refractivity contribution in [3.8, 4) is 0 Å². The molecule has 0 saturated heterocycles. The minimum Gasteiger partial charge on any atom is -0.331 e. The smallest absolute Gasteiger partial charge is 0.138 e. The fourth-order valence-electron chi connectivity index (χ4n) is 2.26. The summed E-state index contributed by atoms with van der Waals surface area (Å²) in [5, 5.41) is 0. The van der Waals surface area contributed by atoms with Crippen LogP contribution in [0.15, 0.2) is 41.1 Å². The van der Waals surface area contributed by atoms with Gasteiger partial charge in [0.15, 0.2) is 0 Å². The molecule has 1 aliphatic rings. The molecule has 0 aromatic carbocycles. The summed E-state index contributed by atoms with van der Waals surface area (Å²) < 4.78 is 0. The minimum atomic E-state index is 0.965. The normalized spacial score (nSPS) is 17.1. The van der Waals surface area contributed by atoms with Crippen LogP contribution in [0, 0.1) is 0 Å². The molecule has 1 aliphatic heterocycles. The molecular formula is C16H27N3. The Hall–Kier alpha value is -1.51. The number of likely N-dealkylation sites (N-methyl/N-ethyl adjacent to an activating group) is 1. The van der Waals surface area contributed by atoms with Crippen LogP contribution >= 0.6 is 0 Å². The molecule has 0 fully saturated rings. The zero-order chi connectivity index (χ0) is 14.4. The standard InChI is InChI=1S/C16H27N3/c1-7-9-10-11-12-19-15(5)18(6)14(4)13(3)16(19)17-8-2/h8H,4-5,7,9-12H2,1-3,6H3/b17-8-.